The first-order valence-electron chi connectivity index (χ1n) is 5.90. The SMILES string of the molecule is O=C(N/N=C\c1ccccc1I)c1ccc([N+](=O)[O-])cc1. The van der Waals surface area contributed by atoms with Gasteiger partial charge >= 0.3 is 0 Å². The Balaban J connectivity index is 2.02. The van der Waals surface area contributed by atoms with Gasteiger partial charge in [0.25, 0.3) is 11.6 Å². The van der Waals surface area contributed by atoms with E-state index in [1.807, 2.05) is 24.3 Å². The minimum atomic E-state index is -0.517. The lowest BCUT2D eigenvalue weighted by atomic mass is 10.2. The van der Waals surface area contributed by atoms with Crippen LogP contribution in [0.2, 0.25) is 0 Å². The Bertz CT molecular complexity index is 699. The van der Waals surface area contributed by atoms with Crippen molar-refractivity contribution in [2.45, 2.75) is 0 Å². The molecule has 0 aliphatic rings. The lowest BCUT2D eigenvalue weighted by Gasteiger charge is -2.00. The first-order valence-corrected chi connectivity index (χ1v) is 6.98. The molecule has 0 fully saturated rings. The number of non-ortho nitro benzene ring substituents is 1. The normalized spacial score (nSPS) is 10.5. The van der Waals surface area contributed by atoms with Crippen molar-refractivity contribution in [3.8, 4) is 0 Å². The zero-order valence-corrected chi connectivity index (χ0v) is 12.9. The molecule has 2 aromatic carbocycles. The Labute approximate surface area is 134 Å². The molecule has 106 valence electrons. The van der Waals surface area contributed by atoms with E-state index in [2.05, 4.69) is 33.1 Å². The van der Waals surface area contributed by atoms with Crippen LogP contribution >= 0.6 is 22.6 Å². The summed E-state index contributed by atoms with van der Waals surface area (Å²) >= 11 is 2.17. The number of benzene rings is 2. The van der Waals surface area contributed by atoms with Gasteiger partial charge in [0.2, 0.25) is 0 Å². The maximum absolute atomic E-state index is 11.8. The van der Waals surface area contributed by atoms with Crippen LogP contribution in [0.25, 0.3) is 0 Å². The molecule has 1 amide bonds. The van der Waals surface area contributed by atoms with Crippen LogP contribution in [0.4, 0.5) is 5.69 Å². The fourth-order valence-corrected chi connectivity index (χ4v) is 2.07. The highest BCUT2D eigenvalue weighted by molar-refractivity contribution is 14.1. The summed E-state index contributed by atoms with van der Waals surface area (Å²) in [6.45, 7) is 0. The monoisotopic (exact) mass is 395 g/mol. The molecule has 2 rings (SSSR count). The highest BCUT2D eigenvalue weighted by atomic mass is 127. The molecule has 2 aromatic rings. The zero-order chi connectivity index (χ0) is 15.2. The molecule has 0 aliphatic heterocycles. The van der Waals surface area contributed by atoms with E-state index in [0.717, 1.165) is 9.13 Å². The highest BCUT2D eigenvalue weighted by Crippen LogP contribution is 2.12. The third kappa shape index (κ3) is 4.09. The third-order valence-corrected chi connectivity index (χ3v) is 3.60. The Morgan fingerprint density at radius 2 is 1.86 bits per heavy atom. The van der Waals surface area contributed by atoms with Crippen LogP contribution < -0.4 is 5.43 Å². The quantitative estimate of drug-likeness (QED) is 0.374. The molecular weight excluding hydrogens is 385 g/mol. The molecule has 7 heteroatoms. The van der Waals surface area contributed by atoms with Gasteiger partial charge in [0.1, 0.15) is 0 Å². The summed E-state index contributed by atoms with van der Waals surface area (Å²) in [6, 6.07) is 12.9. The molecule has 21 heavy (non-hydrogen) atoms. The smallest absolute Gasteiger partial charge is 0.267 e. The van der Waals surface area contributed by atoms with E-state index in [1.165, 1.54) is 24.3 Å². The van der Waals surface area contributed by atoms with Gasteiger partial charge in [-0.05, 0) is 40.8 Å². The molecule has 0 heterocycles. The van der Waals surface area contributed by atoms with Crippen molar-refractivity contribution < 1.29 is 9.72 Å². The van der Waals surface area contributed by atoms with E-state index in [4.69, 9.17) is 0 Å². The fourth-order valence-electron chi connectivity index (χ4n) is 1.54. The lowest BCUT2D eigenvalue weighted by molar-refractivity contribution is -0.384. The van der Waals surface area contributed by atoms with E-state index in [9.17, 15) is 14.9 Å². The van der Waals surface area contributed by atoms with Gasteiger partial charge in [-0.3, -0.25) is 14.9 Å². The number of carbonyl (C=O) groups excluding carboxylic acids is 1. The second-order valence-corrected chi connectivity index (χ2v) is 5.19. The number of nitro groups is 1. The minimum Gasteiger partial charge on any atom is -0.267 e. The molecule has 0 aromatic heterocycles. The molecule has 0 saturated carbocycles. The van der Waals surface area contributed by atoms with Gasteiger partial charge < -0.3 is 0 Å². The summed E-state index contributed by atoms with van der Waals surface area (Å²) in [5.74, 6) is -0.424. The van der Waals surface area contributed by atoms with Crippen molar-refractivity contribution in [3.05, 3.63) is 73.3 Å². The van der Waals surface area contributed by atoms with Crippen molar-refractivity contribution in [2.24, 2.45) is 5.10 Å². The number of halogens is 1. The zero-order valence-electron chi connectivity index (χ0n) is 10.7. The van der Waals surface area contributed by atoms with Gasteiger partial charge in [0.15, 0.2) is 0 Å². The summed E-state index contributed by atoms with van der Waals surface area (Å²) in [4.78, 5) is 21.8. The standard InChI is InChI=1S/C14H10IN3O3/c15-13-4-2-1-3-11(13)9-16-17-14(19)10-5-7-12(8-6-10)18(20)21/h1-9H,(H,17,19)/b16-9-. The minimum absolute atomic E-state index is 0.0612. The number of carbonyl (C=O) groups is 1. The molecule has 0 bridgehead atoms. The van der Waals surface area contributed by atoms with Gasteiger partial charge in [-0.15, -0.1) is 0 Å². The van der Waals surface area contributed by atoms with Gasteiger partial charge in [0.05, 0.1) is 11.1 Å². The summed E-state index contributed by atoms with van der Waals surface area (Å²) in [6.07, 6.45) is 1.55. The van der Waals surface area contributed by atoms with E-state index in [-0.39, 0.29) is 5.69 Å². The maximum Gasteiger partial charge on any atom is 0.271 e. The number of rotatable bonds is 4. The lowest BCUT2D eigenvalue weighted by Crippen LogP contribution is -2.17. The predicted octanol–water partition coefficient (Wildman–Crippen LogP) is 2.96. The number of nitrogens with one attached hydrogen (secondary N) is 1. The summed E-state index contributed by atoms with van der Waals surface area (Å²) in [7, 11) is 0. The van der Waals surface area contributed by atoms with Gasteiger partial charge in [-0.25, -0.2) is 5.43 Å². The van der Waals surface area contributed by atoms with Crippen LogP contribution in [-0.2, 0) is 0 Å². The van der Waals surface area contributed by atoms with Crippen molar-refractivity contribution in [1.29, 1.82) is 0 Å². The molecule has 6 nitrogen and oxygen atoms in total. The number of nitro benzene ring substituents is 1. The number of hydrazone groups is 1. The number of nitrogens with zero attached hydrogens (tertiary/aromatic N) is 2. The van der Waals surface area contributed by atoms with E-state index in [0.29, 0.717) is 5.56 Å². The van der Waals surface area contributed by atoms with Crippen LogP contribution in [0.15, 0.2) is 53.6 Å². The molecular formula is C14H10IN3O3. The summed E-state index contributed by atoms with van der Waals surface area (Å²) < 4.78 is 1.02. The Morgan fingerprint density at radius 3 is 2.48 bits per heavy atom. The van der Waals surface area contributed by atoms with Crippen molar-refractivity contribution >= 4 is 40.4 Å². The van der Waals surface area contributed by atoms with E-state index >= 15 is 0 Å². The van der Waals surface area contributed by atoms with Crippen LogP contribution in [0.1, 0.15) is 15.9 Å². The molecule has 0 unspecified atom stereocenters. The van der Waals surface area contributed by atoms with Crippen molar-refractivity contribution in [1.82, 2.24) is 5.43 Å². The van der Waals surface area contributed by atoms with Crippen LogP contribution in [0.5, 0.6) is 0 Å². The van der Waals surface area contributed by atoms with E-state index in [1.54, 1.807) is 6.21 Å². The first kappa shape index (κ1) is 15.1. The summed E-state index contributed by atoms with van der Waals surface area (Å²) in [5.41, 5.74) is 3.52. The predicted molar refractivity (Wildman–Crippen MR) is 87.3 cm³/mol. The van der Waals surface area contributed by atoms with Crippen LogP contribution in [0, 0.1) is 13.7 Å². The average Bonchev–Trinajstić information content (AvgIpc) is 2.49. The molecule has 0 atom stereocenters. The fraction of sp³-hybridized carbons (Fsp3) is 0. The van der Waals surface area contributed by atoms with Crippen LogP contribution in [-0.4, -0.2) is 17.0 Å². The Kier molecular flexibility index (Phi) is 4.99. The van der Waals surface area contributed by atoms with Crippen molar-refractivity contribution in [3.63, 3.8) is 0 Å². The van der Waals surface area contributed by atoms with E-state index < -0.39 is 10.8 Å². The second kappa shape index (κ2) is 6.93. The van der Waals surface area contributed by atoms with Crippen LogP contribution in [0.3, 0.4) is 0 Å². The topological polar surface area (TPSA) is 84.6 Å². The largest absolute Gasteiger partial charge is 0.271 e. The number of hydrogen-bond acceptors (Lipinski definition) is 4. The molecule has 1 N–H and O–H groups in total. The highest BCUT2D eigenvalue weighted by Gasteiger charge is 2.08. The number of hydrogen-bond donors (Lipinski definition) is 1. The Hall–Kier alpha value is -2.29. The van der Waals surface area contributed by atoms with Gasteiger partial charge in [-0.2, -0.15) is 5.10 Å². The summed E-state index contributed by atoms with van der Waals surface area (Å²) in [5, 5.41) is 14.4. The molecule has 0 radical (unpaired) electrons. The first-order chi connectivity index (χ1) is 10.1. The van der Waals surface area contributed by atoms with Gasteiger partial charge in [0, 0.05) is 26.8 Å². The third-order valence-electron chi connectivity index (χ3n) is 2.62. The molecule has 0 spiro atoms. The average molecular weight is 395 g/mol. The Morgan fingerprint density at radius 1 is 1.19 bits per heavy atom. The number of amides is 1. The molecule has 0 saturated heterocycles. The maximum atomic E-state index is 11.8. The van der Waals surface area contributed by atoms with Crippen molar-refractivity contribution in [2.75, 3.05) is 0 Å². The van der Waals surface area contributed by atoms with Gasteiger partial charge in [-0.1, -0.05) is 18.2 Å². The molecule has 0 aliphatic carbocycles. The second-order valence-electron chi connectivity index (χ2n) is 4.02.